The number of anilines is 1. The van der Waals surface area contributed by atoms with Crippen molar-refractivity contribution in [3.8, 4) is 11.1 Å². The van der Waals surface area contributed by atoms with Crippen LogP contribution in [0.5, 0.6) is 0 Å². The van der Waals surface area contributed by atoms with Gasteiger partial charge in [-0.15, -0.1) is 0 Å². The van der Waals surface area contributed by atoms with Crippen LogP contribution in [0.2, 0.25) is 0 Å². The summed E-state index contributed by atoms with van der Waals surface area (Å²) in [6, 6.07) is 8.26. The molecule has 0 unspecified atom stereocenters. The smallest absolute Gasteiger partial charge is 0.249 e. The summed E-state index contributed by atoms with van der Waals surface area (Å²) in [4.78, 5) is 18.5. The number of primary amides is 1. The average molecular weight is 336 g/mol. The molecule has 2 aromatic heterocycles. The molecule has 5 nitrogen and oxygen atoms in total. The van der Waals surface area contributed by atoms with Crippen molar-refractivity contribution in [3.63, 3.8) is 0 Å². The second-order valence-corrected chi connectivity index (χ2v) is 6.89. The molecule has 130 valence electrons. The number of aryl methyl sites for hydroxylation is 1. The number of aromatic nitrogens is 2. The lowest BCUT2D eigenvalue weighted by Crippen LogP contribution is -2.12. The van der Waals surface area contributed by atoms with Gasteiger partial charge in [0.25, 0.3) is 0 Å². The first-order chi connectivity index (χ1) is 11.8. The minimum Gasteiger partial charge on any atom is -0.366 e. The van der Waals surface area contributed by atoms with Crippen LogP contribution in [0.3, 0.4) is 0 Å². The third-order valence-corrected chi connectivity index (χ3v) is 4.48. The fourth-order valence-electron chi connectivity index (χ4n) is 3.20. The number of pyridine rings is 1. The van der Waals surface area contributed by atoms with Crippen LogP contribution >= 0.6 is 0 Å². The van der Waals surface area contributed by atoms with Crippen LogP contribution in [0.1, 0.15) is 35.8 Å². The molecular weight excluding hydrogens is 312 g/mol. The van der Waals surface area contributed by atoms with Gasteiger partial charge in [-0.2, -0.15) is 0 Å². The monoisotopic (exact) mass is 336 g/mol. The zero-order valence-corrected chi connectivity index (χ0v) is 15.4. The van der Waals surface area contributed by atoms with E-state index in [4.69, 9.17) is 5.73 Å². The van der Waals surface area contributed by atoms with E-state index in [0.29, 0.717) is 11.6 Å². The second kappa shape index (κ2) is 6.24. The van der Waals surface area contributed by atoms with E-state index in [1.807, 2.05) is 50.3 Å². The summed E-state index contributed by atoms with van der Waals surface area (Å²) in [5, 5.41) is 0.933. The topological polar surface area (TPSA) is 64.2 Å². The highest BCUT2D eigenvalue weighted by Gasteiger charge is 2.17. The molecule has 0 radical (unpaired) electrons. The summed E-state index contributed by atoms with van der Waals surface area (Å²) in [5.41, 5.74) is 10.2. The van der Waals surface area contributed by atoms with Gasteiger partial charge in [0, 0.05) is 54.6 Å². The first kappa shape index (κ1) is 17.0. The molecule has 3 rings (SSSR count). The van der Waals surface area contributed by atoms with Crippen molar-refractivity contribution in [1.82, 2.24) is 9.55 Å². The van der Waals surface area contributed by atoms with Gasteiger partial charge in [0.1, 0.15) is 5.82 Å². The highest BCUT2D eigenvalue weighted by atomic mass is 16.1. The van der Waals surface area contributed by atoms with Gasteiger partial charge < -0.3 is 15.2 Å². The predicted molar refractivity (Wildman–Crippen MR) is 103 cm³/mol. The Balaban J connectivity index is 2.25. The molecule has 0 spiro atoms. The van der Waals surface area contributed by atoms with Gasteiger partial charge >= 0.3 is 0 Å². The van der Waals surface area contributed by atoms with Crippen LogP contribution in [0.15, 0.2) is 36.7 Å². The number of rotatable bonds is 4. The quantitative estimate of drug-likeness (QED) is 0.789. The number of hydrogen-bond acceptors (Lipinski definition) is 3. The molecule has 1 amide bonds. The number of hydrogen-bond donors (Lipinski definition) is 1. The van der Waals surface area contributed by atoms with E-state index in [0.717, 1.165) is 33.4 Å². The number of carbonyl (C=O) groups is 1. The summed E-state index contributed by atoms with van der Waals surface area (Å²) in [7, 11) is 3.91. The summed E-state index contributed by atoms with van der Waals surface area (Å²) in [5.74, 6) is 0.482. The zero-order valence-electron chi connectivity index (χ0n) is 15.4. The Morgan fingerprint density at radius 1 is 1.20 bits per heavy atom. The molecule has 0 aliphatic carbocycles. The van der Waals surface area contributed by atoms with Crippen LogP contribution in [0.4, 0.5) is 5.82 Å². The van der Waals surface area contributed by atoms with Crippen LogP contribution in [-0.2, 0) is 0 Å². The molecule has 2 heterocycles. The van der Waals surface area contributed by atoms with E-state index < -0.39 is 5.91 Å². The van der Waals surface area contributed by atoms with Crippen molar-refractivity contribution in [2.45, 2.75) is 26.8 Å². The highest BCUT2D eigenvalue weighted by Crippen LogP contribution is 2.32. The average Bonchev–Trinajstić information content (AvgIpc) is 2.91. The molecule has 0 aliphatic heterocycles. The maximum Gasteiger partial charge on any atom is 0.249 e. The summed E-state index contributed by atoms with van der Waals surface area (Å²) in [6.45, 7) is 6.27. The normalized spacial score (nSPS) is 11.3. The number of carbonyl (C=O) groups excluding carboxylic acids is 1. The Morgan fingerprint density at radius 3 is 2.44 bits per heavy atom. The molecular formula is C20H24N4O. The minimum atomic E-state index is -0.408. The molecule has 1 aromatic carbocycles. The van der Waals surface area contributed by atoms with Gasteiger partial charge in [0.05, 0.1) is 0 Å². The number of fused-ring (bicyclic) bond motifs is 1. The van der Waals surface area contributed by atoms with E-state index in [9.17, 15) is 4.79 Å². The van der Waals surface area contributed by atoms with Gasteiger partial charge in [-0.25, -0.2) is 4.98 Å². The Kier molecular flexibility index (Phi) is 4.25. The van der Waals surface area contributed by atoms with Gasteiger partial charge in [0.15, 0.2) is 0 Å². The van der Waals surface area contributed by atoms with Crippen molar-refractivity contribution < 1.29 is 4.79 Å². The second-order valence-electron chi connectivity index (χ2n) is 6.89. The molecule has 0 fully saturated rings. The van der Waals surface area contributed by atoms with Gasteiger partial charge in [-0.1, -0.05) is 0 Å². The highest BCUT2D eigenvalue weighted by molar-refractivity contribution is 6.08. The Morgan fingerprint density at radius 2 is 1.92 bits per heavy atom. The van der Waals surface area contributed by atoms with E-state index >= 15 is 0 Å². The third kappa shape index (κ3) is 2.97. The fourth-order valence-corrected chi connectivity index (χ4v) is 3.20. The van der Waals surface area contributed by atoms with E-state index in [1.54, 1.807) is 0 Å². The van der Waals surface area contributed by atoms with Gasteiger partial charge in [-0.3, -0.25) is 4.79 Å². The van der Waals surface area contributed by atoms with Crippen molar-refractivity contribution in [2.24, 2.45) is 5.73 Å². The van der Waals surface area contributed by atoms with E-state index in [1.165, 1.54) is 0 Å². The Hall–Kier alpha value is -2.82. The largest absolute Gasteiger partial charge is 0.366 e. The van der Waals surface area contributed by atoms with Crippen molar-refractivity contribution in [1.29, 1.82) is 0 Å². The third-order valence-electron chi connectivity index (χ3n) is 4.48. The van der Waals surface area contributed by atoms with Crippen LogP contribution in [-0.4, -0.2) is 29.6 Å². The number of benzene rings is 1. The standard InChI is InChI=1S/C20H24N4O/c1-12(2)24-11-13(3)19-16(20(21)25)8-15(9-17(19)24)14-6-7-18(22-10-14)23(4)5/h6-12H,1-5H3,(H2,21,25). The van der Waals surface area contributed by atoms with E-state index in [-0.39, 0.29) is 0 Å². The van der Waals surface area contributed by atoms with Gasteiger partial charge in [0.2, 0.25) is 5.91 Å². The first-order valence-electron chi connectivity index (χ1n) is 8.38. The molecule has 2 N–H and O–H groups in total. The fraction of sp³-hybridized carbons (Fsp3) is 0.300. The molecule has 0 aliphatic rings. The molecule has 0 saturated heterocycles. The molecule has 5 heteroatoms. The lowest BCUT2D eigenvalue weighted by Gasteiger charge is -2.13. The summed E-state index contributed by atoms with van der Waals surface area (Å²) < 4.78 is 2.18. The lowest BCUT2D eigenvalue weighted by molar-refractivity contribution is 0.100. The number of nitrogens with two attached hydrogens (primary N) is 1. The van der Waals surface area contributed by atoms with Crippen LogP contribution < -0.4 is 10.6 Å². The maximum absolute atomic E-state index is 12.1. The molecule has 0 bridgehead atoms. The number of nitrogens with zero attached hydrogens (tertiary/aromatic N) is 3. The summed E-state index contributed by atoms with van der Waals surface area (Å²) in [6.07, 6.45) is 3.91. The summed E-state index contributed by atoms with van der Waals surface area (Å²) >= 11 is 0. The van der Waals surface area contributed by atoms with Crippen LogP contribution in [0.25, 0.3) is 22.0 Å². The van der Waals surface area contributed by atoms with Crippen molar-refractivity contribution >= 4 is 22.6 Å². The molecule has 0 saturated carbocycles. The van der Waals surface area contributed by atoms with Crippen LogP contribution in [0, 0.1) is 6.92 Å². The van der Waals surface area contributed by atoms with Gasteiger partial charge in [-0.05, 0) is 56.2 Å². The Labute approximate surface area is 148 Å². The molecule has 3 aromatic rings. The molecule has 25 heavy (non-hydrogen) atoms. The van der Waals surface area contributed by atoms with E-state index in [2.05, 4.69) is 35.7 Å². The predicted octanol–water partition coefficient (Wildman–Crippen LogP) is 3.76. The molecule has 0 atom stereocenters. The van der Waals surface area contributed by atoms with Crippen molar-refractivity contribution in [2.75, 3.05) is 19.0 Å². The lowest BCUT2D eigenvalue weighted by atomic mass is 9.99. The van der Waals surface area contributed by atoms with Crippen molar-refractivity contribution in [3.05, 3.63) is 47.8 Å². The maximum atomic E-state index is 12.1. The zero-order chi connectivity index (χ0) is 18.3. The number of amides is 1. The minimum absolute atomic E-state index is 0.293. The first-order valence-corrected chi connectivity index (χ1v) is 8.38. The Bertz CT molecular complexity index is 936. The SMILES string of the molecule is Cc1cn(C(C)C)c2cc(-c3ccc(N(C)C)nc3)cc(C(N)=O)c12.